The molecule has 4 amide bonds. The first-order chi connectivity index (χ1) is 21.3. The van der Waals surface area contributed by atoms with E-state index in [0.717, 1.165) is 39.3 Å². The Morgan fingerprint density at radius 3 is 1.14 bits per heavy atom. The molecular weight excluding hydrogens is 556 g/mol. The van der Waals surface area contributed by atoms with Crippen LogP contribution in [0.4, 0.5) is 11.4 Å². The highest BCUT2D eigenvalue weighted by Gasteiger charge is 2.21. The molecule has 0 unspecified atom stereocenters. The summed E-state index contributed by atoms with van der Waals surface area (Å²) in [5.41, 5.74) is 1.57. The average molecular weight is 601 g/mol. The maximum Gasteiger partial charge on any atom is 0.256 e. The third-order valence-corrected chi connectivity index (χ3v) is 7.47. The van der Waals surface area contributed by atoms with Gasteiger partial charge >= 0.3 is 0 Å². The molecule has 10 heteroatoms. The van der Waals surface area contributed by atoms with Crippen LogP contribution in [0, 0.1) is 0 Å². The lowest BCUT2D eigenvalue weighted by Gasteiger charge is -2.18. The molecule has 0 fully saturated rings. The minimum Gasteiger partial charge on any atom is -0.351 e. The number of hydrogen-bond acceptors (Lipinski definition) is 6. The Labute approximate surface area is 260 Å². The van der Waals surface area contributed by atoms with Gasteiger partial charge in [0.1, 0.15) is 0 Å². The Kier molecular flexibility index (Phi) is 13.5. The van der Waals surface area contributed by atoms with Crippen LogP contribution < -0.4 is 21.3 Å². The number of hydrogen-bond donors (Lipinski definition) is 4. The van der Waals surface area contributed by atoms with Crippen LogP contribution in [0.3, 0.4) is 0 Å². The zero-order valence-electron chi connectivity index (χ0n) is 26.1. The van der Waals surface area contributed by atoms with Crippen molar-refractivity contribution < 1.29 is 19.2 Å². The largest absolute Gasteiger partial charge is 0.351 e. The number of likely N-dealkylation sites (N-methyl/N-ethyl adjacent to an activating group) is 2. The van der Waals surface area contributed by atoms with Gasteiger partial charge in [-0.1, -0.05) is 64.1 Å². The third-order valence-electron chi connectivity index (χ3n) is 7.47. The number of amides is 4. The van der Waals surface area contributed by atoms with Crippen molar-refractivity contribution in [2.75, 3.05) is 63.0 Å². The normalized spacial score (nSPS) is 10.9. The summed E-state index contributed by atoms with van der Waals surface area (Å²) in [6.07, 6.45) is 0. The molecule has 0 aromatic heterocycles. The Hall–Kier alpha value is -4.54. The maximum atomic E-state index is 13.4. The lowest BCUT2D eigenvalue weighted by atomic mass is 10.0. The third kappa shape index (κ3) is 9.48. The molecule has 0 bridgehead atoms. The lowest BCUT2D eigenvalue weighted by Crippen LogP contribution is -2.35. The monoisotopic (exact) mass is 600 g/mol. The summed E-state index contributed by atoms with van der Waals surface area (Å²) in [6.45, 7) is 14.2. The minimum absolute atomic E-state index is 0.128. The van der Waals surface area contributed by atoms with E-state index in [1.165, 1.54) is 0 Å². The second kappa shape index (κ2) is 17.5. The van der Waals surface area contributed by atoms with Crippen LogP contribution in [0.1, 0.15) is 69.1 Å². The fourth-order valence-corrected chi connectivity index (χ4v) is 4.76. The zero-order valence-corrected chi connectivity index (χ0v) is 26.1. The van der Waals surface area contributed by atoms with Gasteiger partial charge in [-0.3, -0.25) is 19.2 Å². The molecule has 0 aliphatic rings. The molecule has 0 heterocycles. The second-order valence-electron chi connectivity index (χ2n) is 10.1. The molecule has 234 valence electrons. The Bertz CT molecular complexity index is 1310. The van der Waals surface area contributed by atoms with Gasteiger partial charge in [0, 0.05) is 26.2 Å². The van der Waals surface area contributed by atoms with Gasteiger partial charge in [-0.2, -0.15) is 0 Å². The van der Waals surface area contributed by atoms with Crippen molar-refractivity contribution in [2.24, 2.45) is 0 Å². The van der Waals surface area contributed by atoms with Crippen LogP contribution >= 0.6 is 0 Å². The maximum absolute atomic E-state index is 13.4. The first-order valence-corrected chi connectivity index (χ1v) is 15.2. The van der Waals surface area contributed by atoms with E-state index < -0.39 is 11.8 Å². The minimum atomic E-state index is -0.540. The first kappa shape index (κ1) is 34.0. The molecule has 3 aromatic rings. The molecule has 4 N–H and O–H groups in total. The lowest BCUT2D eigenvalue weighted by molar-refractivity contribution is 0.0940. The van der Waals surface area contributed by atoms with Crippen molar-refractivity contribution in [3.8, 4) is 0 Å². The molecule has 10 nitrogen and oxygen atoms in total. The van der Waals surface area contributed by atoms with Crippen molar-refractivity contribution in [3.05, 3.63) is 95.1 Å². The van der Waals surface area contributed by atoms with Gasteiger partial charge in [-0.15, -0.1) is 0 Å². The molecule has 0 saturated carbocycles. The molecule has 3 aromatic carbocycles. The summed E-state index contributed by atoms with van der Waals surface area (Å²) < 4.78 is 0. The number of carbonyl (C=O) groups is 4. The molecule has 0 aliphatic heterocycles. The van der Waals surface area contributed by atoms with Crippen LogP contribution in [0.5, 0.6) is 0 Å². The van der Waals surface area contributed by atoms with E-state index in [0.29, 0.717) is 35.6 Å². The summed E-state index contributed by atoms with van der Waals surface area (Å²) in [5, 5.41) is 11.4. The number of nitrogens with one attached hydrogen (secondary N) is 4. The topological polar surface area (TPSA) is 123 Å². The number of para-hydroxylation sites is 2. The van der Waals surface area contributed by atoms with Crippen LogP contribution in [0.25, 0.3) is 0 Å². The van der Waals surface area contributed by atoms with Crippen molar-refractivity contribution >= 4 is 35.0 Å². The Balaban J connectivity index is 1.73. The molecule has 0 atom stereocenters. The number of anilines is 2. The Morgan fingerprint density at radius 2 is 0.795 bits per heavy atom. The van der Waals surface area contributed by atoms with Crippen molar-refractivity contribution in [2.45, 2.75) is 27.7 Å². The van der Waals surface area contributed by atoms with Crippen LogP contribution in [-0.2, 0) is 0 Å². The van der Waals surface area contributed by atoms with Gasteiger partial charge in [-0.05, 0) is 62.6 Å². The fourth-order valence-electron chi connectivity index (χ4n) is 4.76. The van der Waals surface area contributed by atoms with Crippen molar-refractivity contribution in [3.63, 3.8) is 0 Å². The van der Waals surface area contributed by atoms with Crippen LogP contribution in [0.2, 0.25) is 0 Å². The molecule has 3 rings (SSSR count). The summed E-state index contributed by atoms with van der Waals surface area (Å²) in [6, 6.07) is 19.9. The van der Waals surface area contributed by atoms with E-state index >= 15 is 0 Å². The molecular formula is C34H44N6O4. The molecule has 44 heavy (non-hydrogen) atoms. The fraction of sp³-hybridized carbons (Fsp3) is 0.353. The molecule has 0 aliphatic carbocycles. The molecule has 0 radical (unpaired) electrons. The van der Waals surface area contributed by atoms with E-state index in [9.17, 15) is 19.2 Å². The highest BCUT2D eigenvalue weighted by atomic mass is 16.2. The van der Waals surface area contributed by atoms with E-state index in [1.54, 1.807) is 72.8 Å². The highest BCUT2D eigenvalue weighted by molar-refractivity contribution is 6.17. The van der Waals surface area contributed by atoms with Gasteiger partial charge < -0.3 is 31.1 Å². The predicted octanol–water partition coefficient (Wildman–Crippen LogP) is 4.33. The van der Waals surface area contributed by atoms with Gasteiger partial charge in [0.15, 0.2) is 0 Å². The number of nitrogens with zero attached hydrogens (tertiary/aromatic N) is 2. The first-order valence-electron chi connectivity index (χ1n) is 15.2. The SMILES string of the molecule is CCN(CC)CCNC(=O)c1ccccc1NC(=O)c1ccccc1C(=O)Nc1ccccc1C(=O)NCCN(CC)CC. The number of carbonyl (C=O) groups excluding carboxylic acids is 4. The molecule has 0 saturated heterocycles. The number of rotatable bonds is 16. The quantitative estimate of drug-likeness (QED) is 0.194. The summed E-state index contributed by atoms with van der Waals surface area (Å²) in [5.74, 6) is -1.68. The average Bonchev–Trinajstić information content (AvgIpc) is 3.05. The predicted molar refractivity (Wildman–Crippen MR) is 175 cm³/mol. The standard InChI is InChI=1S/C34H44N6O4/c1-5-39(6-2)23-21-35-31(41)27-17-11-13-19-29(27)37-33(43)25-15-9-10-16-26(25)34(44)38-30-20-14-12-18-28(30)32(42)36-22-24-40(7-3)8-4/h9-20H,5-8,21-24H2,1-4H3,(H,35,41)(H,36,42)(H,37,43)(H,38,44). The summed E-state index contributed by atoms with van der Waals surface area (Å²) in [7, 11) is 0. The highest BCUT2D eigenvalue weighted by Crippen LogP contribution is 2.20. The second-order valence-corrected chi connectivity index (χ2v) is 10.1. The van der Waals surface area contributed by atoms with Gasteiger partial charge in [-0.25, -0.2) is 0 Å². The van der Waals surface area contributed by atoms with Gasteiger partial charge in [0.25, 0.3) is 23.6 Å². The van der Waals surface area contributed by atoms with Crippen LogP contribution in [-0.4, -0.2) is 85.8 Å². The smallest absolute Gasteiger partial charge is 0.256 e. The molecule has 0 spiro atoms. The van der Waals surface area contributed by atoms with Crippen LogP contribution in [0.15, 0.2) is 72.8 Å². The van der Waals surface area contributed by atoms with E-state index in [4.69, 9.17) is 0 Å². The summed E-state index contributed by atoms with van der Waals surface area (Å²) in [4.78, 5) is 57.2. The van der Waals surface area contributed by atoms with Gasteiger partial charge in [0.05, 0.1) is 33.6 Å². The zero-order chi connectivity index (χ0) is 31.9. The number of benzene rings is 3. The van der Waals surface area contributed by atoms with Crippen molar-refractivity contribution in [1.82, 2.24) is 20.4 Å². The Morgan fingerprint density at radius 1 is 0.477 bits per heavy atom. The van der Waals surface area contributed by atoms with E-state index in [1.807, 2.05) is 0 Å². The summed E-state index contributed by atoms with van der Waals surface area (Å²) >= 11 is 0. The van der Waals surface area contributed by atoms with Crippen molar-refractivity contribution in [1.29, 1.82) is 0 Å². The van der Waals surface area contributed by atoms with Gasteiger partial charge in [0.2, 0.25) is 0 Å². The van der Waals surface area contributed by atoms with E-state index in [2.05, 4.69) is 58.8 Å². The van der Waals surface area contributed by atoms with E-state index in [-0.39, 0.29) is 22.9 Å².